The van der Waals surface area contributed by atoms with Crippen molar-refractivity contribution in [2.24, 2.45) is 0 Å². The van der Waals surface area contributed by atoms with Crippen molar-refractivity contribution in [3.8, 4) is 17.0 Å². The van der Waals surface area contributed by atoms with Crippen molar-refractivity contribution >= 4 is 55.6 Å². The van der Waals surface area contributed by atoms with Crippen molar-refractivity contribution in [2.45, 2.75) is 24.7 Å². The van der Waals surface area contributed by atoms with Gasteiger partial charge in [0.2, 0.25) is 11.8 Å². The second-order valence-electron chi connectivity index (χ2n) is 7.69. The van der Waals surface area contributed by atoms with E-state index in [-0.39, 0.29) is 47.2 Å². The first-order chi connectivity index (χ1) is 16.2. The standard InChI is InChI=1S/C22H18N4O6S2/c1-12-21(13-2-7-17-16(10-13)23-18(27)11-32-17)24-22(33-12)25-34(30,31)15-5-3-14(4-6-15)26-19(28)8-9-20(26)29/h2-7,10H,8-9,11H2,1H3,(H,23,27)(H,24,25). The molecule has 5 rings (SSSR count). The molecular formula is C22H18N4O6S2. The third-order valence-electron chi connectivity index (χ3n) is 5.36. The first kappa shape index (κ1) is 22.0. The minimum atomic E-state index is -3.96. The van der Waals surface area contributed by atoms with Gasteiger partial charge in [-0.3, -0.25) is 24.0 Å². The smallest absolute Gasteiger partial charge is 0.263 e. The predicted octanol–water partition coefficient (Wildman–Crippen LogP) is 2.90. The third kappa shape index (κ3) is 4.01. The van der Waals surface area contributed by atoms with Gasteiger partial charge in [0.15, 0.2) is 11.7 Å². The number of anilines is 3. The zero-order valence-corrected chi connectivity index (χ0v) is 19.5. The molecule has 1 fully saturated rings. The number of sulfonamides is 1. The summed E-state index contributed by atoms with van der Waals surface area (Å²) < 4.78 is 33.6. The van der Waals surface area contributed by atoms with Crippen LogP contribution in [-0.4, -0.2) is 37.7 Å². The summed E-state index contributed by atoms with van der Waals surface area (Å²) in [6.07, 6.45) is 0.297. The number of nitrogens with zero attached hydrogens (tertiary/aromatic N) is 2. The molecule has 0 bridgehead atoms. The fourth-order valence-electron chi connectivity index (χ4n) is 3.75. The van der Waals surface area contributed by atoms with Crippen LogP contribution in [0.15, 0.2) is 47.4 Å². The lowest BCUT2D eigenvalue weighted by Crippen LogP contribution is -2.28. The molecule has 0 saturated carbocycles. The van der Waals surface area contributed by atoms with Gasteiger partial charge in [-0.05, 0) is 49.4 Å². The molecule has 1 aromatic heterocycles. The summed E-state index contributed by atoms with van der Waals surface area (Å²) in [4.78, 5) is 41.6. The summed E-state index contributed by atoms with van der Waals surface area (Å²) in [7, 11) is -3.96. The Hall–Kier alpha value is -3.77. The van der Waals surface area contributed by atoms with Crippen molar-refractivity contribution < 1.29 is 27.5 Å². The molecule has 3 amide bonds. The lowest BCUT2D eigenvalue weighted by atomic mass is 10.1. The number of aromatic nitrogens is 1. The molecule has 0 atom stereocenters. The van der Waals surface area contributed by atoms with E-state index in [0.717, 1.165) is 9.78 Å². The molecule has 2 N–H and O–H groups in total. The highest BCUT2D eigenvalue weighted by molar-refractivity contribution is 7.93. The minimum Gasteiger partial charge on any atom is -0.482 e. The normalized spacial score (nSPS) is 15.7. The van der Waals surface area contributed by atoms with E-state index in [1.54, 1.807) is 18.2 Å². The zero-order valence-electron chi connectivity index (χ0n) is 17.8. The summed E-state index contributed by atoms with van der Waals surface area (Å²) >= 11 is 1.18. The van der Waals surface area contributed by atoms with E-state index in [4.69, 9.17) is 4.74 Å². The fourth-order valence-corrected chi connectivity index (χ4v) is 5.82. The number of imide groups is 1. The number of amides is 3. The van der Waals surface area contributed by atoms with E-state index in [0.29, 0.717) is 28.4 Å². The fraction of sp³-hybridized carbons (Fsp3) is 0.182. The van der Waals surface area contributed by atoms with Crippen LogP contribution in [0.25, 0.3) is 11.3 Å². The van der Waals surface area contributed by atoms with Gasteiger partial charge in [-0.1, -0.05) is 0 Å². The van der Waals surface area contributed by atoms with E-state index in [2.05, 4.69) is 15.0 Å². The number of carbonyl (C=O) groups is 3. The van der Waals surface area contributed by atoms with Gasteiger partial charge in [0, 0.05) is 23.3 Å². The number of hydrogen-bond donors (Lipinski definition) is 2. The first-order valence-electron chi connectivity index (χ1n) is 10.2. The predicted molar refractivity (Wildman–Crippen MR) is 125 cm³/mol. The highest BCUT2D eigenvalue weighted by atomic mass is 32.2. The molecule has 0 unspecified atom stereocenters. The molecule has 3 aromatic rings. The van der Waals surface area contributed by atoms with Gasteiger partial charge in [-0.25, -0.2) is 13.4 Å². The van der Waals surface area contributed by atoms with Crippen LogP contribution >= 0.6 is 11.3 Å². The molecule has 2 aliphatic rings. The number of fused-ring (bicyclic) bond motifs is 1. The number of benzene rings is 2. The molecular weight excluding hydrogens is 480 g/mol. The lowest BCUT2D eigenvalue weighted by molar-refractivity contribution is -0.121. The van der Waals surface area contributed by atoms with Gasteiger partial charge < -0.3 is 10.1 Å². The zero-order chi connectivity index (χ0) is 24.0. The summed E-state index contributed by atoms with van der Waals surface area (Å²) in [5.74, 6) is -0.314. The molecule has 10 nitrogen and oxygen atoms in total. The van der Waals surface area contributed by atoms with Gasteiger partial charge >= 0.3 is 0 Å². The molecule has 1 saturated heterocycles. The van der Waals surface area contributed by atoms with Crippen LogP contribution in [0.1, 0.15) is 17.7 Å². The number of aryl methyl sites for hydroxylation is 1. The maximum Gasteiger partial charge on any atom is 0.263 e. The number of hydrogen-bond acceptors (Lipinski definition) is 8. The molecule has 0 aliphatic carbocycles. The Morgan fingerprint density at radius 1 is 1.06 bits per heavy atom. The molecule has 2 aliphatic heterocycles. The van der Waals surface area contributed by atoms with Crippen LogP contribution < -0.4 is 19.7 Å². The highest BCUT2D eigenvalue weighted by Gasteiger charge is 2.30. The Bertz CT molecular complexity index is 1430. The number of thiazole rings is 1. The van der Waals surface area contributed by atoms with E-state index in [1.165, 1.54) is 35.6 Å². The van der Waals surface area contributed by atoms with Crippen molar-refractivity contribution in [1.82, 2.24) is 4.98 Å². The van der Waals surface area contributed by atoms with Crippen LogP contribution in [0.5, 0.6) is 5.75 Å². The van der Waals surface area contributed by atoms with E-state index < -0.39 is 10.0 Å². The quantitative estimate of drug-likeness (QED) is 0.517. The van der Waals surface area contributed by atoms with Crippen molar-refractivity contribution in [3.63, 3.8) is 0 Å². The SMILES string of the molecule is Cc1sc(NS(=O)(=O)c2ccc(N3C(=O)CCC3=O)cc2)nc1-c1ccc2c(c1)NC(=O)CO2. The van der Waals surface area contributed by atoms with Crippen molar-refractivity contribution in [3.05, 3.63) is 47.3 Å². The minimum absolute atomic E-state index is 0.0293. The second kappa shape index (κ2) is 8.22. The maximum atomic E-state index is 12.9. The van der Waals surface area contributed by atoms with Crippen LogP contribution in [0.4, 0.5) is 16.5 Å². The van der Waals surface area contributed by atoms with Gasteiger partial charge in [0.1, 0.15) is 5.75 Å². The molecule has 0 spiro atoms. The monoisotopic (exact) mass is 498 g/mol. The summed E-state index contributed by atoms with van der Waals surface area (Å²) in [5.41, 5.74) is 2.14. The Balaban J connectivity index is 1.37. The summed E-state index contributed by atoms with van der Waals surface area (Å²) in [6.45, 7) is 1.78. The Kier molecular flexibility index (Phi) is 5.33. The van der Waals surface area contributed by atoms with E-state index in [9.17, 15) is 22.8 Å². The van der Waals surface area contributed by atoms with Crippen molar-refractivity contribution in [2.75, 3.05) is 21.5 Å². The Morgan fingerprint density at radius 3 is 2.47 bits per heavy atom. The van der Waals surface area contributed by atoms with Crippen LogP contribution in [0.2, 0.25) is 0 Å². The Morgan fingerprint density at radius 2 is 1.76 bits per heavy atom. The molecule has 174 valence electrons. The average molecular weight is 499 g/mol. The van der Waals surface area contributed by atoms with Gasteiger partial charge in [0.05, 0.1) is 22.0 Å². The molecule has 34 heavy (non-hydrogen) atoms. The van der Waals surface area contributed by atoms with Crippen LogP contribution in [0.3, 0.4) is 0 Å². The Labute approximate surface area is 198 Å². The number of rotatable bonds is 5. The maximum absolute atomic E-state index is 12.9. The van der Waals surface area contributed by atoms with Gasteiger partial charge in [0.25, 0.3) is 15.9 Å². The van der Waals surface area contributed by atoms with E-state index in [1.807, 2.05) is 6.92 Å². The summed E-state index contributed by atoms with van der Waals surface area (Å²) in [6, 6.07) is 10.8. The van der Waals surface area contributed by atoms with Gasteiger partial charge in [-0.15, -0.1) is 11.3 Å². The number of nitrogens with one attached hydrogen (secondary N) is 2. The lowest BCUT2D eigenvalue weighted by Gasteiger charge is -2.18. The molecule has 0 radical (unpaired) electrons. The molecule has 12 heteroatoms. The number of ether oxygens (including phenoxy) is 1. The highest BCUT2D eigenvalue weighted by Crippen LogP contribution is 2.36. The van der Waals surface area contributed by atoms with Crippen molar-refractivity contribution in [1.29, 1.82) is 0 Å². The largest absolute Gasteiger partial charge is 0.482 e. The van der Waals surface area contributed by atoms with Crippen LogP contribution in [0, 0.1) is 6.92 Å². The van der Waals surface area contributed by atoms with Gasteiger partial charge in [-0.2, -0.15) is 0 Å². The van der Waals surface area contributed by atoms with E-state index >= 15 is 0 Å². The topological polar surface area (TPSA) is 135 Å². The first-order valence-corrected chi connectivity index (χ1v) is 12.5. The average Bonchev–Trinajstić information content (AvgIpc) is 3.33. The van der Waals surface area contributed by atoms with Crippen LogP contribution in [-0.2, 0) is 24.4 Å². The molecule has 2 aromatic carbocycles. The third-order valence-corrected chi connectivity index (χ3v) is 7.73. The molecule has 3 heterocycles. The number of carbonyl (C=O) groups excluding carboxylic acids is 3. The summed E-state index contributed by atoms with van der Waals surface area (Å²) in [5, 5.41) is 2.92. The second-order valence-corrected chi connectivity index (χ2v) is 10.6.